The molecule has 0 aromatic heterocycles. The molecule has 0 aliphatic heterocycles. The molecule has 1 N–H and O–H groups in total. The monoisotopic (exact) mass is 189 g/mol. The first-order chi connectivity index (χ1) is 6.15. The molecule has 0 saturated carbocycles. The summed E-state index contributed by atoms with van der Waals surface area (Å²) in [5, 5.41) is 2.88. The molecule has 13 heavy (non-hydrogen) atoms. The third kappa shape index (κ3) is 4.85. The van der Waals surface area contributed by atoms with Gasteiger partial charge in [-0.2, -0.15) is 0 Å². The van der Waals surface area contributed by atoms with Crippen LogP contribution in [-0.2, 0) is 14.3 Å². The van der Waals surface area contributed by atoms with E-state index in [0.29, 0.717) is 6.61 Å². The molecular formula is C9H19NO3. The van der Waals surface area contributed by atoms with Gasteiger partial charge in [-0.1, -0.05) is 6.92 Å². The third-order valence-corrected chi connectivity index (χ3v) is 1.76. The van der Waals surface area contributed by atoms with Crippen molar-refractivity contribution in [2.45, 2.75) is 32.4 Å². The van der Waals surface area contributed by atoms with Crippen LogP contribution in [0.3, 0.4) is 0 Å². The van der Waals surface area contributed by atoms with E-state index in [1.807, 2.05) is 13.8 Å². The number of hydrogen-bond acceptors (Lipinski definition) is 4. The molecule has 0 aliphatic carbocycles. The summed E-state index contributed by atoms with van der Waals surface area (Å²) in [5.74, 6) is -0.213. The summed E-state index contributed by atoms with van der Waals surface area (Å²) in [6.07, 6.45) is 0.551. The lowest BCUT2D eigenvalue weighted by atomic mass is 10.2. The van der Waals surface area contributed by atoms with Gasteiger partial charge in [0.2, 0.25) is 0 Å². The van der Waals surface area contributed by atoms with E-state index < -0.39 is 0 Å². The molecule has 0 heterocycles. The molecule has 0 aliphatic rings. The Morgan fingerprint density at radius 2 is 2.15 bits per heavy atom. The minimum absolute atomic E-state index is 0.181. The fourth-order valence-electron chi connectivity index (χ4n) is 1.04. The Kier molecular flexibility index (Phi) is 6.54. The predicted molar refractivity (Wildman–Crippen MR) is 50.6 cm³/mol. The van der Waals surface area contributed by atoms with E-state index in [-0.39, 0.29) is 18.1 Å². The Morgan fingerprint density at radius 3 is 2.54 bits per heavy atom. The first-order valence-electron chi connectivity index (χ1n) is 4.52. The zero-order chi connectivity index (χ0) is 10.3. The highest BCUT2D eigenvalue weighted by Gasteiger charge is 2.17. The van der Waals surface area contributed by atoms with Gasteiger partial charge in [-0.25, -0.2) is 0 Å². The number of methoxy groups -OCH3 is 1. The number of carbonyl (C=O) groups excluding carboxylic acids is 1. The lowest BCUT2D eigenvalue weighted by Crippen LogP contribution is -2.37. The number of ether oxygens (including phenoxy) is 2. The summed E-state index contributed by atoms with van der Waals surface area (Å²) >= 11 is 0. The highest BCUT2D eigenvalue weighted by Crippen LogP contribution is 1.98. The Balaban J connectivity index is 3.83. The SMILES string of the molecule is CCC(NC)C(=O)OC(C)COC. The lowest BCUT2D eigenvalue weighted by molar-refractivity contribution is -0.153. The van der Waals surface area contributed by atoms with E-state index in [0.717, 1.165) is 6.42 Å². The van der Waals surface area contributed by atoms with Crippen LogP contribution < -0.4 is 5.32 Å². The van der Waals surface area contributed by atoms with Gasteiger partial charge >= 0.3 is 5.97 Å². The van der Waals surface area contributed by atoms with Gasteiger partial charge in [0.05, 0.1) is 6.61 Å². The molecule has 0 aromatic carbocycles. The maximum atomic E-state index is 11.4. The van der Waals surface area contributed by atoms with Crippen molar-refractivity contribution in [2.75, 3.05) is 20.8 Å². The summed E-state index contributed by atoms with van der Waals surface area (Å²) in [5.41, 5.74) is 0. The highest BCUT2D eigenvalue weighted by atomic mass is 16.6. The van der Waals surface area contributed by atoms with E-state index >= 15 is 0 Å². The molecule has 0 bridgehead atoms. The first-order valence-corrected chi connectivity index (χ1v) is 4.52. The van der Waals surface area contributed by atoms with Crippen molar-refractivity contribution in [1.82, 2.24) is 5.32 Å². The number of carbonyl (C=O) groups is 1. The third-order valence-electron chi connectivity index (χ3n) is 1.76. The van der Waals surface area contributed by atoms with Gasteiger partial charge < -0.3 is 14.8 Å². The summed E-state index contributed by atoms with van der Waals surface area (Å²) in [6.45, 7) is 4.18. The van der Waals surface area contributed by atoms with Crippen molar-refractivity contribution in [1.29, 1.82) is 0 Å². The van der Waals surface area contributed by atoms with Gasteiger partial charge in [-0.15, -0.1) is 0 Å². The fraction of sp³-hybridized carbons (Fsp3) is 0.889. The molecular weight excluding hydrogens is 170 g/mol. The van der Waals surface area contributed by atoms with Crippen molar-refractivity contribution in [3.05, 3.63) is 0 Å². The van der Waals surface area contributed by atoms with Crippen molar-refractivity contribution < 1.29 is 14.3 Å². The van der Waals surface area contributed by atoms with Crippen molar-refractivity contribution in [2.24, 2.45) is 0 Å². The predicted octanol–water partition coefficient (Wildman–Crippen LogP) is 0.562. The normalized spacial score (nSPS) is 15.1. The van der Waals surface area contributed by atoms with Crippen LogP contribution >= 0.6 is 0 Å². The molecule has 0 amide bonds. The topological polar surface area (TPSA) is 47.6 Å². The van der Waals surface area contributed by atoms with Crippen LogP contribution in [-0.4, -0.2) is 38.9 Å². The molecule has 4 heteroatoms. The summed E-state index contributed by atoms with van der Waals surface area (Å²) < 4.78 is 9.96. The Bertz CT molecular complexity index is 146. The van der Waals surface area contributed by atoms with E-state index in [9.17, 15) is 4.79 Å². The largest absolute Gasteiger partial charge is 0.459 e. The second-order valence-corrected chi connectivity index (χ2v) is 2.95. The van der Waals surface area contributed by atoms with Crippen LogP contribution in [0, 0.1) is 0 Å². The Hall–Kier alpha value is -0.610. The summed E-state index contributed by atoms with van der Waals surface area (Å²) in [6, 6.07) is -0.209. The molecule has 0 fully saturated rings. The number of hydrogen-bond donors (Lipinski definition) is 1. The minimum Gasteiger partial charge on any atom is -0.459 e. The zero-order valence-electron chi connectivity index (χ0n) is 8.79. The van der Waals surface area contributed by atoms with Gasteiger partial charge in [-0.3, -0.25) is 4.79 Å². The average molecular weight is 189 g/mol. The number of rotatable bonds is 6. The maximum Gasteiger partial charge on any atom is 0.323 e. The molecule has 2 unspecified atom stereocenters. The maximum absolute atomic E-state index is 11.4. The quantitative estimate of drug-likeness (QED) is 0.620. The van der Waals surface area contributed by atoms with Gasteiger partial charge in [0, 0.05) is 7.11 Å². The second kappa shape index (κ2) is 6.86. The van der Waals surface area contributed by atoms with E-state index in [4.69, 9.17) is 9.47 Å². The van der Waals surface area contributed by atoms with Crippen molar-refractivity contribution in [3.63, 3.8) is 0 Å². The smallest absolute Gasteiger partial charge is 0.323 e. The zero-order valence-corrected chi connectivity index (χ0v) is 8.79. The highest BCUT2D eigenvalue weighted by molar-refractivity contribution is 5.75. The summed E-state index contributed by atoms with van der Waals surface area (Å²) in [7, 11) is 3.33. The molecule has 0 radical (unpaired) electrons. The lowest BCUT2D eigenvalue weighted by Gasteiger charge is -2.17. The molecule has 0 saturated heterocycles. The second-order valence-electron chi connectivity index (χ2n) is 2.95. The fourth-order valence-corrected chi connectivity index (χ4v) is 1.04. The standard InChI is InChI=1S/C9H19NO3/c1-5-8(10-3)9(11)13-7(2)6-12-4/h7-8,10H,5-6H2,1-4H3. The van der Waals surface area contributed by atoms with Gasteiger partial charge in [0.1, 0.15) is 12.1 Å². The molecule has 0 aromatic rings. The molecule has 0 rings (SSSR count). The summed E-state index contributed by atoms with van der Waals surface area (Å²) in [4.78, 5) is 11.4. The Labute approximate surface area is 79.6 Å². The molecule has 2 atom stereocenters. The van der Waals surface area contributed by atoms with E-state index in [1.54, 1.807) is 14.2 Å². The van der Waals surface area contributed by atoms with Gasteiger partial charge in [0.15, 0.2) is 0 Å². The van der Waals surface area contributed by atoms with Gasteiger partial charge in [0.25, 0.3) is 0 Å². The number of nitrogens with one attached hydrogen (secondary N) is 1. The van der Waals surface area contributed by atoms with Crippen LogP contribution in [0.4, 0.5) is 0 Å². The Morgan fingerprint density at radius 1 is 1.54 bits per heavy atom. The minimum atomic E-state index is -0.213. The molecule has 78 valence electrons. The van der Waals surface area contributed by atoms with Crippen LogP contribution in [0.15, 0.2) is 0 Å². The van der Waals surface area contributed by atoms with Crippen LogP contribution in [0.2, 0.25) is 0 Å². The number of esters is 1. The van der Waals surface area contributed by atoms with E-state index in [2.05, 4.69) is 5.32 Å². The number of likely N-dealkylation sites (N-methyl/N-ethyl adjacent to an activating group) is 1. The first kappa shape index (κ1) is 12.4. The molecule has 0 spiro atoms. The average Bonchev–Trinajstić information content (AvgIpc) is 2.06. The van der Waals surface area contributed by atoms with Crippen LogP contribution in [0.25, 0.3) is 0 Å². The van der Waals surface area contributed by atoms with Crippen molar-refractivity contribution in [3.8, 4) is 0 Å². The van der Waals surface area contributed by atoms with Crippen LogP contribution in [0.1, 0.15) is 20.3 Å². The molecule has 4 nitrogen and oxygen atoms in total. The van der Waals surface area contributed by atoms with Crippen LogP contribution in [0.5, 0.6) is 0 Å². The van der Waals surface area contributed by atoms with Crippen molar-refractivity contribution >= 4 is 5.97 Å². The van der Waals surface area contributed by atoms with E-state index in [1.165, 1.54) is 0 Å². The van der Waals surface area contributed by atoms with Gasteiger partial charge in [-0.05, 0) is 20.4 Å².